The number of fused-ring (bicyclic) bond motifs is 1. The number of anilines is 1. The molecule has 0 bridgehead atoms. The number of likely N-dealkylation sites (N-methyl/N-ethyl adjacent to an activating group) is 1. The minimum Gasteiger partial charge on any atom is -0.486 e. The molecule has 4 heterocycles. The number of pyridine rings is 2. The third-order valence-corrected chi connectivity index (χ3v) is 6.82. The summed E-state index contributed by atoms with van der Waals surface area (Å²) in [6.07, 6.45) is 4.32. The van der Waals surface area contributed by atoms with Crippen LogP contribution in [0.4, 0.5) is 10.2 Å². The molecular formula is C25H25Cl2FN6O. The topological polar surface area (TPSA) is 79.0 Å². The number of aromatic amines is 1. The van der Waals surface area contributed by atoms with Crippen LogP contribution in [-0.2, 0) is 0 Å². The molecule has 1 aliphatic rings. The average molecular weight is 515 g/mol. The number of hydrogen-bond donors (Lipinski definition) is 2. The molecule has 35 heavy (non-hydrogen) atoms. The molecule has 1 aliphatic heterocycles. The Labute approximate surface area is 212 Å². The molecule has 1 atom stereocenters. The van der Waals surface area contributed by atoms with Gasteiger partial charge in [-0.25, -0.2) is 9.37 Å². The summed E-state index contributed by atoms with van der Waals surface area (Å²) in [7, 11) is 0. The summed E-state index contributed by atoms with van der Waals surface area (Å²) in [5.74, 6) is 0.582. The first-order chi connectivity index (χ1) is 16.8. The molecule has 0 saturated carbocycles. The summed E-state index contributed by atoms with van der Waals surface area (Å²) in [6, 6.07) is 7.03. The molecule has 2 N–H and O–H groups in total. The van der Waals surface area contributed by atoms with Crippen LogP contribution in [0.5, 0.6) is 5.75 Å². The van der Waals surface area contributed by atoms with Gasteiger partial charge < -0.3 is 15.0 Å². The van der Waals surface area contributed by atoms with Crippen molar-refractivity contribution in [1.82, 2.24) is 25.5 Å². The molecule has 7 nitrogen and oxygen atoms in total. The summed E-state index contributed by atoms with van der Waals surface area (Å²) < 4.78 is 21.2. The maximum Gasteiger partial charge on any atom is 0.166 e. The van der Waals surface area contributed by atoms with Crippen molar-refractivity contribution >= 4 is 39.9 Å². The monoisotopic (exact) mass is 514 g/mol. The van der Waals surface area contributed by atoms with E-state index in [0.29, 0.717) is 51.5 Å². The van der Waals surface area contributed by atoms with Crippen LogP contribution in [0, 0.1) is 5.82 Å². The van der Waals surface area contributed by atoms with Crippen LogP contribution in [-0.4, -0.2) is 45.3 Å². The maximum absolute atomic E-state index is 15.0. The predicted octanol–water partition coefficient (Wildman–Crippen LogP) is 5.79. The lowest BCUT2D eigenvalue weighted by Gasteiger charge is -2.49. The number of halogens is 3. The van der Waals surface area contributed by atoms with Crippen molar-refractivity contribution in [2.75, 3.05) is 24.5 Å². The number of nitrogens with zero attached hydrogens (tertiary/aromatic N) is 4. The van der Waals surface area contributed by atoms with Gasteiger partial charge in [0.1, 0.15) is 17.5 Å². The Bertz CT molecular complexity index is 1370. The molecule has 4 aromatic rings. The van der Waals surface area contributed by atoms with Crippen molar-refractivity contribution in [2.24, 2.45) is 0 Å². The molecule has 0 aliphatic carbocycles. The number of benzene rings is 1. The molecule has 3 aromatic heterocycles. The van der Waals surface area contributed by atoms with Crippen LogP contribution in [0.3, 0.4) is 0 Å². The van der Waals surface area contributed by atoms with E-state index in [1.54, 1.807) is 6.20 Å². The minimum atomic E-state index is -0.409. The Morgan fingerprint density at radius 3 is 2.63 bits per heavy atom. The van der Waals surface area contributed by atoms with E-state index >= 15 is 4.39 Å². The van der Waals surface area contributed by atoms with Gasteiger partial charge in [0.25, 0.3) is 0 Å². The highest BCUT2D eigenvalue weighted by Gasteiger charge is 2.39. The van der Waals surface area contributed by atoms with Gasteiger partial charge in [0, 0.05) is 48.2 Å². The Morgan fingerprint density at radius 2 is 1.94 bits per heavy atom. The van der Waals surface area contributed by atoms with Gasteiger partial charge in [-0.15, -0.1) is 0 Å². The Balaban J connectivity index is 1.40. The molecule has 5 rings (SSSR count). The summed E-state index contributed by atoms with van der Waals surface area (Å²) in [6.45, 7) is 8.35. The summed E-state index contributed by atoms with van der Waals surface area (Å²) in [4.78, 5) is 10.3. The van der Waals surface area contributed by atoms with Gasteiger partial charge in [-0.1, -0.05) is 30.1 Å². The number of hydrogen-bond acceptors (Lipinski definition) is 6. The number of ether oxygens (including phenoxy) is 1. The van der Waals surface area contributed by atoms with E-state index in [1.165, 1.54) is 18.5 Å². The van der Waals surface area contributed by atoms with Gasteiger partial charge in [-0.05, 0) is 44.7 Å². The molecule has 1 saturated heterocycles. The van der Waals surface area contributed by atoms with E-state index in [-0.39, 0.29) is 11.4 Å². The quantitative estimate of drug-likeness (QED) is 0.324. The van der Waals surface area contributed by atoms with Crippen LogP contribution in [0.1, 0.15) is 32.4 Å². The number of aromatic nitrogens is 4. The van der Waals surface area contributed by atoms with Crippen LogP contribution in [0.2, 0.25) is 10.0 Å². The fourth-order valence-corrected chi connectivity index (χ4v) is 5.31. The van der Waals surface area contributed by atoms with Crippen molar-refractivity contribution in [1.29, 1.82) is 0 Å². The largest absolute Gasteiger partial charge is 0.486 e. The highest BCUT2D eigenvalue weighted by atomic mass is 35.5. The lowest BCUT2D eigenvalue weighted by atomic mass is 9.92. The lowest BCUT2D eigenvalue weighted by molar-refractivity contribution is 0.227. The van der Waals surface area contributed by atoms with Crippen LogP contribution < -0.4 is 15.0 Å². The minimum absolute atomic E-state index is 0.0157. The lowest BCUT2D eigenvalue weighted by Crippen LogP contribution is -2.68. The Hall–Kier alpha value is -2.94. The first-order valence-corrected chi connectivity index (χ1v) is 12.1. The van der Waals surface area contributed by atoms with E-state index in [9.17, 15) is 0 Å². The van der Waals surface area contributed by atoms with Crippen molar-refractivity contribution in [2.45, 2.75) is 32.4 Å². The van der Waals surface area contributed by atoms with Crippen LogP contribution in [0.15, 0.2) is 42.9 Å². The molecule has 0 amide bonds. The summed E-state index contributed by atoms with van der Waals surface area (Å²) in [5.41, 5.74) is 2.62. The van der Waals surface area contributed by atoms with Gasteiger partial charge >= 0.3 is 0 Å². The fourth-order valence-electron chi connectivity index (χ4n) is 4.64. The molecule has 1 aromatic carbocycles. The van der Waals surface area contributed by atoms with Crippen molar-refractivity contribution in [3.63, 3.8) is 0 Å². The first-order valence-electron chi connectivity index (χ1n) is 11.4. The van der Waals surface area contributed by atoms with E-state index in [1.807, 2.05) is 30.0 Å². The first kappa shape index (κ1) is 23.8. The number of nitrogens with one attached hydrogen (secondary N) is 2. The van der Waals surface area contributed by atoms with Gasteiger partial charge in [-0.3, -0.25) is 10.1 Å². The SMILES string of the molecule is CCNC1(C)CN(c2ncc(-c3n[nH]c4ccc(O[C@H](C)c5c(Cl)cncc5Cl)cc34)cc2F)C1. The van der Waals surface area contributed by atoms with E-state index < -0.39 is 6.10 Å². The Kier molecular flexibility index (Phi) is 6.29. The van der Waals surface area contributed by atoms with Crippen molar-refractivity contribution < 1.29 is 9.13 Å². The average Bonchev–Trinajstić information content (AvgIpc) is 3.21. The second kappa shape index (κ2) is 9.26. The molecule has 0 unspecified atom stereocenters. The van der Waals surface area contributed by atoms with E-state index in [0.717, 1.165) is 17.4 Å². The predicted molar refractivity (Wildman–Crippen MR) is 137 cm³/mol. The molecule has 10 heteroatoms. The molecule has 1 fully saturated rings. The van der Waals surface area contributed by atoms with E-state index in [4.69, 9.17) is 27.9 Å². The van der Waals surface area contributed by atoms with Gasteiger partial charge in [-0.2, -0.15) is 5.10 Å². The normalized spacial score (nSPS) is 15.8. The van der Waals surface area contributed by atoms with E-state index in [2.05, 4.69) is 39.3 Å². The van der Waals surface area contributed by atoms with Gasteiger partial charge in [0.2, 0.25) is 0 Å². The second-order valence-corrected chi connectivity index (χ2v) is 9.85. The maximum atomic E-state index is 15.0. The second-order valence-electron chi connectivity index (χ2n) is 9.03. The zero-order valence-corrected chi connectivity index (χ0v) is 21.1. The van der Waals surface area contributed by atoms with Crippen molar-refractivity contribution in [3.8, 4) is 17.0 Å². The zero-order valence-electron chi connectivity index (χ0n) is 19.6. The third-order valence-electron chi connectivity index (χ3n) is 6.22. The smallest absolute Gasteiger partial charge is 0.166 e. The highest BCUT2D eigenvalue weighted by Crippen LogP contribution is 2.36. The van der Waals surface area contributed by atoms with Crippen LogP contribution >= 0.6 is 23.2 Å². The van der Waals surface area contributed by atoms with Crippen LogP contribution in [0.25, 0.3) is 22.2 Å². The standard InChI is InChI=1S/C25H25Cl2FN6O/c1-4-31-25(3)12-34(13-25)24-20(28)7-15(9-30-24)23-17-8-16(5-6-21(17)32-33-23)35-14(2)22-18(26)10-29-11-19(22)27/h5-11,14,31H,4,12-13H2,1-3H3,(H,32,33)/t14-/m1/s1. The van der Waals surface area contributed by atoms with Gasteiger partial charge in [0.05, 0.1) is 21.1 Å². The van der Waals surface area contributed by atoms with Gasteiger partial charge in [0.15, 0.2) is 11.6 Å². The van der Waals surface area contributed by atoms with Crippen molar-refractivity contribution in [3.05, 3.63) is 64.3 Å². The number of rotatable bonds is 7. The Morgan fingerprint density at radius 1 is 1.20 bits per heavy atom. The molecule has 0 radical (unpaired) electrons. The summed E-state index contributed by atoms with van der Waals surface area (Å²) >= 11 is 12.6. The third kappa shape index (κ3) is 4.53. The highest BCUT2D eigenvalue weighted by molar-refractivity contribution is 6.35. The zero-order chi connectivity index (χ0) is 24.7. The molecule has 182 valence electrons. The molecular weight excluding hydrogens is 490 g/mol. The fraction of sp³-hybridized carbons (Fsp3) is 0.320. The number of H-pyrrole nitrogens is 1. The molecule has 0 spiro atoms. The summed E-state index contributed by atoms with van der Waals surface area (Å²) in [5, 5.41) is 12.5.